The average Bonchev–Trinajstić information content (AvgIpc) is 3.08. The summed E-state index contributed by atoms with van der Waals surface area (Å²) in [6, 6.07) is 1.84. The number of hydrogen-bond acceptors (Lipinski definition) is 5. The standard InChI is InChI=1S/C13H17N3O2S/c17-13-11-2-6-19-12(11)15-9-16(13)4-3-14-7-10-1-5-18-8-10/h2,6,9-10,14H,1,3-5,7-8H2. The lowest BCUT2D eigenvalue weighted by atomic mass is 10.1. The number of aromatic nitrogens is 2. The summed E-state index contributed by atoms with van der Waals surface area (Å²) in [5.74, 6) is 0.620. The Kier molecular flexibility index (Phi) is 3.91. The van der Waals surface area contributed by atoms with Crippen molar-refractivity contribution in [2.24, 2.45) is 5.92 Å². The number of nitrogens with one attached hydrogen (secondary N) is 1. The minimum atomic E-state index is 0.0530. The summed E-state index contributed by atoms with van der Waals surface area (Å²) in [4.78, 5) is 17.2. The van der Waals surface area contributed by atoms with E-state index in [1.54, 1.807) is 10.9 Å². The van der Waals surface area contributed by atoms with Crippen molar-refractivity contribution in [2.45, 2.75) is 13.0 Å². The number of nitrogens with zero attached hydrogens (tertiary/aromatic N) is 2. The minimum absolute atomic E-state index is 0.0530. The molecule has 0 radical (unpaired) electrons. The first kappa shape index (κ1) is 12.8. The van der Waals surface area contributed by atoms with Crippen LogP contribution in [-0.2, 0) is 11.3 Å². The number of thiophene rings is 1. The molecule has 1 saturated heterocycles. The maximum absolute atomic E-state index is 12.1. The highest BCUT2D eigenvalue weighted by Crippen LogP contribution is 2.13. The van der Waals surface area contributed by atoms with Gasteiger partial charge in [-0.25, -0.2) is 4.98 Å². The molecule has 0 spiro atoms. The third kappa shape index (κ3) is 2.86. The molecule has 5 nitrogen and oxygen atoms in total. The van der Waals surface area contributed by atoms with Crippen LogP contribution in [0, 0.1) is 5.92 Å². The molecular weight excluding hydrogens is 262 g/mol. The van der Waals surface area contributed by atoms with Crippen LogP contribution in [0.1, 0.15) is 6.42 Å². The summed E-state index contributed by atoms with van der Waals surface area (Å²) in [6.45, 7) is 4.14. The Morgan fingerprint density at radius 3 is 3.37 bits per heavy atom. The molecule has 6 heteroatoms. The number of ether oxygens (including phenoxy) is 1. The molecule has 1 fully saturated rings. The molecule has 2 aromatic heterocycles. The van der Waals surface area contributed by atoms with Crippen LogP contribution in [-0.4, -0.2) is 35.9 Å². The maximum atomic E-state index is 12.1. The van der Waals surface area contributed by atoms with Crippen LogP contribution in [0.5, 0.6) is 0 Å². The smallest absolute Gasteiger partial charge is 0.262 e. The first-order chi connectivity index (χ1) is 9.34. The van der Waals surface area contributed by atoms with Crippen LogP contribution in [0.15, 0.2) is 22.6 Å². The van der Waals surface area contributed by atoms with E-state index in [0.717, 1.165) is 42.9 Å². The zero-order valence-corrected chi connectivity index (χ0v) is 11.5. The summed E-state index contributed by atoms with van der Waals surface area (Å²) in [5.41, 5.74) is 0.0530. The zero-order chi connectivity index (χ0) is 13.1. The van der Waals surface area contributed by atoms with E-state index in [-0.39, 0.29) is 5.56 Å². The average molecular weight is 279 g/mol. The molecule has 1 aliphatic rings. The fraction of sp³-hybridized carbons (Fsp3) is 0.538. The first-order valence-electron chi connectivity index (χ1n) is 6.56. The van der Waals surface area contributed by atoms with Gasteiger partial charge in [-0.05, 0) is 23.8 Å². The molecular formula is C13H17N3O2S. The van der Waals surface area contributed by atoms with Gasteiger partial charge in [0.05, 0.1) is 18.3 Å². The fourth-order valence-electron chi connectivity index (χ4n) is 2.30. The zero-order valence-electron chi connectivity index (χ0n) is 10.7. The summed E-state index contributed by atoms with van der Waals surface area (Å²) < 4.78 is 7.00. The van der Waals surface area contributed by atoms with Gasteiger partial charge in [-0.2, -0.15) is 0 Å². The summed E-state index contributed by atoms with van der Waals surface area (Å²) in [7, 11) is 0. The van der Waals surface area contributed by atoms with E-state index in [0.29, 0.717) is 12.5 Å². The van der Waals surface area contributed by atoms with Crippen LogP contribution in [0.4, 0.5) is 0 Å². The van der Waals surface area contributed by atoms with Gasteiger partial charge in [0.25, 0.3) is 5.56 Å². The number of fused-ring (bicyclic) bond motifs is 1. The quantitative estimate of drug-likeness (QED) is 0.832. The molecule has 0 bridgehead atoms. The van der Waals surface area contributed by atoms with E-state index in [1.165, 1.54) is 11.3 Å². The molecule has 0 saturated carbocycles. The monoisotopic (exact) mass is 279 g/mol. The van der Waals surface area contributed by atoms with Crippen molar-refractivity contribution >= 4 is 21.6 Å². The molecule has 102 valence electrons. The minimum Gasteiger partial charge on any atom is -0.381 e. The lowest BCUT2D eigenvalue weighted by molar-refractivity contribution is 0.185. The second-order valence-corrected chi connectivity index (χ2v) is 5.71. The molecule has 2 aromatic rings. The Morgan fingerprint density at radius 1 is 1.58 bits per heavy atom. The van der Waals surface area contributed by atoms with Crippen LogP contribution < -0.4 is 10.9 Å². The van der Waals surface area contributed by atoms with Crippen molar-refractivity contribution in [1.82, 2.24) is 14.9 Å². The Morgan fingerprint density at radius 2 is 2.53 bits per heavy atom. The third-order valence-electron chi connectivity index (χ3n) is 3.44. The SMILES string of the molecule is O=c1c2ccsc2ncn1CCNCC1CCOC1. The van der Waals surface area contributed by atoms with E-state index in [4.69, 9.17) is 4.74 Å². The van der Waals surface area contributed by atoms with E-state index in [1.807, 2.05) is 11.4 Å². The lowest BCUT2D eigenvalue weighted by Crippen LogP contribution is -2.30. The molecule has 0 aromatic carbocycles. The van der Waals surface area contributed by atoms with Gasteiger partial charge in [-0.1, -0.05) is 0 Å². The molecule has 0 aliphatic carbocycles. The molecule has 1 atom stereocenters. The van der Waals surface area contributed by atoms with Crippen molar-refractivity contribution in [3.8, 4) is 0 Å². The summed E-state index contributed by atoms with van der Waals surface area (Å²) >= 11 is 1.50. The molecule has 1 aliphatic heterocycles. The molecule has 1 unspecified atom stereocenters. The van der Waals surface area contributed by atoms with Gasteiger partial charge >= 0.3 is 0 Å². The van der Waals surface area contributed by atoms with E-state index in [2.05, 4.69) is 10.3 Å². The Balaban J connectivity index is 1.56. The number of hydrogen-bond donors (Lipinski definition) is 1. The van der Waals surface area contributed by atoms with Crippen LogP contribution in [0.2, 0.25) is 0 Å². The fourth-order valence-corrected chi connectivity index (χ4v) is 3.03. The summed E-state index contributed by atoms with van der Waals surface area (Å²) in [5, 5.41) is 6.00. The van der Waals surface area contributed by atoms with Crippen LogP contribution in [0.3, 0.4) is 0 Å². The van der Waals surface area contributed by atoms with Crippen LogP contribution in [0.25, 0.3) is 10.2 Å². The normalized spacial score (nSPS) is 19.3. The van der Waals surface area contributed by atoms with Gasteiger partial charge in [0.1, 0.15) is 4.83 Å². The van der Waals surface area contributed by atoms with Crippen LogP contribution >= 0.6 is 11.3 Å². The van der Waals surface area contributed by atoms with Crippen molar-refractivity contribution < 1.29 is 4.74 Å². The van der Waals surface area contributed by atoms with Crippen molar-refractivity contribution in [3.63, 3.8) is 0 Å². The van der Waals surface area contributed by atoms with Crippen molar-refractivity contribution in [1.29, 1.82) is 0 Å². The molecule has 1 N–H and O–H groups in total. The van der Waals surface area contributed by atoms with E-state index in [9.17, 15) is 4.79 Å². The van der Waals surface area contributed by atoms with Crippen molar-refractivity contribution in [3.05, 3.63) is 28.1 Å². The molecule has 3 heterocycles. The maximum Gasteiger partial charge on any atom is 0.262 e. The van der Waals surface area contributed by atoms with E-state index >= 15 is 0 Å². The molecule has 3 rings (SSSR count). The second kappa shape index (κ2) is 5.81. The van der Waals surface area contributed by atoms with Gasteiger partial charge in [0, 0.05) is 26.2 Å². The van der Waals surface area contributed by atoms with Gasteiger partial charge < -0.3 is 10.1 Å². The Bertz CT molecular complexity index is 601. The molecule has 19 heavy (non-hydrogen) atoms. The van der Waals surface area contributed by atoms with Gasteiger partial charge in [-0.3, -0.25) is 9.36 Å². The van der Waals surface area contributed by atoms with Crippen molar-refractivity contribution in [2.75, 3.05) is 26.3 Å². The third-order valence-corrected chi connectivity index (χ3v) is 4.26. The van der Waals surface area contributed by atoms with Gasteiger partial charge in [0.15, 0.2) is 0 Å². The largest absolute Gasteiger partial charge is 0.381 e. The lowest BCUT2D eigenvalue weighted by Gasteiger charge is -2.10. The molecule has 0 amide bonds. The first-order valence-corrected chi connectivity index (χ1v) is 7.43. The van der Waals surface area contributed by atoms with Gasteiger partial charge in [0.2, 0.25) is 0 Å². The predicted molar refractivity (Wildman–Crippen MR) is 75.7 cm³/mol. The highest BCUT2D eigenvalue weighted by molar-refractivity contribution is 7.16. The second-order valence-electron chi connectivity index (χ2n) is 4.82. The highest BCUT2D eigenvalue weighted by atomic mass is 32.1. The Hall–Kier alpha value is -1.24. The predicted octanol–water partition coefficient (Wildman–Crippen LogP) is 1.08. The topological polar surface area (TPSA) is 56.2 Å². The number of rotatable bonds is 5. The Labute approximate surface area is 115 Å². The summed E-state index contributed by atoms with van der Waals surface area (Å²) in [6.07, 6.45) is 2.77. The van der Waals surface area contributed by atoms with E-state index < -0.39 is 0 Å². The van der Waals surface area contributed by atoms with Gasteiger partial charge in [-0.15, -0.1) is 11.3 Å². The highest BCUT2D eigenvalue weighted by Gasteiger charge is 2.14.